The highest BCUT2D eigenvalue weighted by Crippen LogP contribution is 2.31. The van der Waals surface area contributed by atoms with Gasteiger partial charge < -0.3 is 19.5 Å². The normalized spacial score (nSPS) is 19.5. The van der Waals surface area contributed by atoms with Crippen molar-refractivity contribution in [3.8, 4) is 0 Å². The average molecular weight is 320 g/mol. The van der Waals surface area contributed by atoms with Gasteiger partial charge in [-0.25, -0.2) is 0 Å². The number of rotatable bonds is 2. The number of fused-ring (bicyclic) bond motifs is 1. The van der Waals surface area contributed by atoms with Crippen LogP contribution in [0.25, 0.3) is 10.9 Å². The fourth-order valence-electron chi connectivity index (χ4n) is 3.18. The molecule has 1 aromatic heterocycles. The number of nitrogens with zero attached hydrogens (tertiary/aromatic N) is 2. The average Bonchev–Trinajstić information content (AvgIpc) is 2.93. The Hall–Kier alpha value is -1.72. The Labute approximate surface area is 133 Å². The van der Waals surface area contributed by atoms with Gasteiger partial charge >= 0.3 is 0 Å². The first-order chi connectivity index (χ1) is 10.7. The molecule has 2 fully saturated rings. The second-order valence-electron chi connectivity index (χ2n) is 5.91. The van der Waals surface area contributed by atoms with Crippen LogP contribution in [0.2, 0.25) is 5.02 Å². The summed E-state index contributed by atoms with van der Waals surface area (Å²) in [5, 5.41) is 1.91. The van der Waals surface area contributed by atoms with Gasteiger partial charge in [-0.2, -0.15) is 0 Å². The van der Waals surface area contributed by atoms with Crippen LogP contribution in [0.4, 0.5) is 5.69 Å². The first-order valence-electron chi connectivity index (χ1n) is 7.60. The van der Waals surface area contributed by atoms with Crippen LogP contribution < -0.4 is 4.90 Å². The van der Waals surface area contributed by atoms with Crippen LogP contribution in [-0.4, -0.2) is 55.2 Å². The van der Waals surface area contributed by atoms with E-state index in [-0.39, 0.29) is 11.8 Å². The third-order valence-corrected chi connectivity index (χ3v) is 4.75. The van der Waals surface area contributed by atoms with Crippen molar-refractivity contribution >= 4 is 34.1 Å². The van der Waals surface area contributed by atoms with Gasteiger partial charge in [0.25, 0.3) is 0 Å². The number of aromatic amines is 1. The predicted octanol–water partition coefficient (Wildman–Crippen LogP) is 2.12. The Bertz CT molecular complexity index is 702. The molecule has 4 rings (SSSR count). The lowest BCUT2D eigenvalue weighted by Crippen LogP contribution is -2.53. The molecule has 0 unspecified atom stereocenters. The number of benzene rings is 1. The number of hydrogen-bond donors (Lipinski definition) is 1. The van der Waals surface area contributed by atoms with E-state index in [4.69, 9.17) is 16.3 Å². The molecule has 0 aliphatic carbocycles. The molecule has 22 heavy (non-hydrogen) atoms. The number of amides is 1. The van der Waals surface area contributed by atoms with E-state index in [9.17, 15) is 4.79 Å². The maximum Gasteiger partial charge on any atom is 0.230 e. The number of piperazine rings is 1. The fourth-order valence-corrected chi connectivity index (χ4v) is 3.39. The molecule has 0 bridgehead atoms. The topological polar surface area (TPSA) is 48.6 Å². The van der Waals surface area contributed by atoms with Crippen LogP contribution in [-0.2, 0) is 9.53 Å². The summed E-state index contributed by atoms with van der Waals surface area (Å²) in [6, 6.07) is 6.02. The van der Waals surface area contributed by atoms with Gasteiger partial charge in [0.15, 0.2) is 0 Å². The van der Waals surface area contributed by atoms with E-state index >= 15 is 0 Å². The van der Waals surface area contributed by atoms with Gasteiger partial charge in [-0.05, 0) is 18.2 Å². The van der Waals surface area contributed by atoms with E-state index < -0.39 is 0 Å². The Balaban J connectivity index is 1.50. The summed E-state index contributed by atoms with van der Waals surface area (Å²) in [4.78, 5) is 19.7. The number of aromatic nitrogens is 1. The van der Waals surface area contributed by atoms with Gasteiger partial charge in [-0.3, -0.25) is 4.79 Å². The minimum Gasteiger partial charge on any atom is -0.380 e. The number of carbonyl (C=O) groups excluding carboxylic acids is 1. The molecule has 3 heterocycles. The Morgan fingerprint density at radius 2 is 2.00 bits per heavy atom. The number of hydrogen-bond acceptors (Lipinski definition) is 3. The standard InChI is InChI=1S/C16H18ClN3O2/c17-12-7-14-13(1-2-18-14)15(8-12)19-3-5-20(6-4-19)16(21)11-9-22-10-11/h1-2,7-8,11,18H,3-6,9-10H2. The van der Waals surface area contributed by atoms with Gasteiger partial charge in [0.2, 0.25) is 5.91 Å². The molecule has 1 N–H and O–H groups in total. The third kappa shape index (κ3) is 2.34. The van der Waals surface area contributed by atoms with E-state index in [2.05, 4.69) is 16.0 Å². The second kappa shape index (κ2) is 5.48. The summed E-state index contributed by atoms with van der Waals surface area (Å²) in [7, 11) is 0. The zero-order valence-electron chi connectivity index (χ0n) is 12.2. The summed E-state index contributed by atoms with van der Waals surface area (Å²) in [5.74, 6) is 0.317. The smallest absolute Gasteiger partial charge is 0.230 e. The minimum atomic E-state index is 0.0779. The van der Waals surface area contributed by atoms with Crippen LogP contribution in [0.5, 0.6) is 0 Å². The number of anilines is 1. The molecule has 6 heteroatoms. The fraction of sp³-hybridized carbons (Fsp3) is 0.438. The van der Waals surface area contributed by atoms with Crippen molar-refractivity contribution in [1.29, 1.82) is 0 Å². The second-order valence-corrected chi connectivity index (χ2v) is 6.35. The summed E-state index contributed by atoms with van der Waals surface area (Å²) in [6.07, 6.45) is 1.93. The third-order valence-electron chi connectivity index (χ3n) is 4.53. The molecule has 116 valence electrons. The molecule has 5 nitrogen and oxygen atoms in total. The Kier molecular flexibility index (Phi) is 3.47. The van der Waals surface area contributed by atoms with Gasteiger partial charge in [-0.1, -0.05) is 11.6 Å². The van der Waals surface area contributed by atoms with Crippen molar-refractivity contribution in [2.24, 2.45) is 5.92 Å². The lowest BCUT2D eigenvalue weighted by atomic mass is 10.1. The largest absolute Gasteiger partial charge is 0.380 e. The molecule has 2 aromatic rings. The lowest BCUT2D eigenvalue weighted by molar-refractivity contribution is -0.150. The number of halogens is 1. The van der Waals surface area contributed by atoms with Gasteiger partial charge in [0.05, 0.1) is 19.1 Å². The maximum atomic E-state index is 12.3. The molecule has 1 aromatic carbocycles. The number of H-pyrrole nitrogens is 1. The van der Waals surface area contributed by atoms with E-state index in [1.165, 1.54) is 5.39 Å². The quantitative estimate of drug-likeness (QED) is 0.922. The molecule has 1 amide bonds. The first-order valence-corrected chi connectivity index (χ1v) is 7.98. The van der Waals surface area contributed by atoms with Gasteiger partial charge in [-0.15, -0.1) is 0 Å². The molecule has 2 aliphatic rings. The van der Waals surface area contributed by atoms with Crippen molar-refractivity contribution in [2.45, 2.75) is 0 Å². The van der Waals surface area contributed by atoms with E-state index in [1.807, 2.05) is 23.2 Å². The molecule has 2 saturated heterocycles. The van der Waals surface area contributed by atoms with E-state index in [0.29, 0.717) is 13.2 Å². The predicted molar refractivity (Wildman–Crippen MR) is 86.4 cm³/mol. The van der Waals surface area contributed by atoms with Crippen molar-refractivity contribution < 1.29 is 9.53 Å². The molecule has 0 radical (unpaired) electrons. The number of carbonyl (C=O) groups is 1. The van der Waals surface area contributed by atoms with Gasteiger partial charge in [0.1, 0.15) is 0 Å². The summed E-state index contributed by atoms with van der Waals surface area (Å²) >= 11 is 6.22. The van der Waals surface area contributed by atoms with Crippen LogP contribution in [0, 0.1) is 5.92 Å². The molecule has 0 saturated carbocycles. The Morgan fingerprint density at radius 1 is 1.23 bits per heavy atom. The molecule has 2 aliphatic heterocycles. The van der Waals surface area contributed by atoms with E-state index in [1.54, 1.807) is 0 Å². The zero-order valence-corrected chi connectivity index (χ0v) is 13.0. The molecule has 0 spiro atoms. The number of nitrogens with one attached hydrogen (secondary N) is 1. The molecular weight excluding hydrogens is 302 g/mol. The zero-order chi connectivity index (χ0) is 15.1. The van der Waals surface area contributed by atoms with Crippen molar-refractivity contribution in [1.82, 2.24) is 9.88 Å². The molecule has 0 atom stereocenters. The highest BCUT2D eigenvalue weighted by molar-refractivity contribution is 6.31. The van der Waals surface area contributed by atoms with Crippen LogP contribution in [0.3, 0.4) is 0 Å². The van der Waals surface area contributed by atoms with Gasteiger partial charge in [0, 0.05) is 54.0 Å². The minimum absolute atomic E-state index is 0.0779. The summed E-state index contributed by atoms with van der Waals surface area (Å²) in [6.45, 7) is 4.34. The highest BCUT2D eigenvalue weighted by atomic mass is 35.5. The summed E-state index contributed by atoms with van der Waals surface area (Å²) < 4.78 is 5.11. The van der Waals surface area contributed by atoms with Crippen LogP contribution in [0.1, 0.15) is 0 Å². The SMILES string of the molecule is O=C(C1COC1)N1CCN(c2cc(Cl)cc3[nH]ccc23)CC1. The van der Waals surface area contributed by atoms with Crippen LogP contribution in [0.15, 0.2) is 24.4 Å². The Morgan fingerprint density at radius 3 is 2.68 bits per heavy atom. The maximum absolute atomic E-state index is 12.3. The number of ether oxygens (including phenoxy) is 1. The molecular formula is C16H18ClN3O2. The van der Waals surface area contributed by atoms with Crippen molar-refractivity contribution in [2.75, 3.05) is 44.3 Å². The monoisotopic (exact) mass is 319 g/mol. The highest BCUT2D eigenvalue weighted by Gasteiger charge is 2.32. The van der Waals surface area contributed by atoms with E-state index in [0.717, 1.165) is 42.4 Å². The van der Waals surface area contributed by atoms with Crippen molar-refractivity contribution in [3.63, 3.8) is 0 Å². The summed E-state index contributed by atoms with van der Waals surface area (Å²) in [5.41, 5.74) is 2.19. The van der Waals surface area contributed by atoms with Crippen molar-refractivity contribution in [3.05, 3.63) is 29.4 Å². The first kappa shape index (κ1) is 13.9. The van der Waals surface area contributed by atoms with Crippen LogP contribution >= 0.6 is 11.6 Å². The lowest BCUT2D eigenvalue weighted by Gasteiger charge is -2.39.